The van der Waals surface area contributed by atoms with Crippen molar-refractivity contribution in [2.24, 2.45) is 0 Å². The lowest BCUT2D eigenvalue weighted by molar-refractivity contribution is 0.413. The zero-order valence-electron chi connectivity index (χ0n) is 5.20. The maximum atomic E-state index is 3.47. The van der Waals surface area contributed by atoms with E-state index < -0.39 is 0 Å². The van der Waals surface area contributed by atoms with Crippen LogP contribution in [0.15, 0.2) is 0 Å². The van der Waals surface area contributed by atoms with Crippen LogP contribution >= 0.6 is 0 Å². The monoisotopic (exact) mass is 112 g/mol. The fourth-order valence-corrected chi connectivity index (χ4v) is 1.71. The first-order chi connectivity index (χ1) is 3.79. The van der Waals surface area contributed by atoms with Crippen LogP contribution in [0.5, 0.6) is 0 Å². The molecule has 2 nitrogen and oxygen atoms in total. The van der Waals surface area contributed by atoms with Crippen LogP contribution in [-0.2, 0) is 0 Å². The topological polar surface area (TPSA) is 24.1 Å². The van der Waals surface area contributed by atoms with E-state index >= 15 is 0 Å². The lowest BCUT2D eigenvalue weighted by atomic mass is 10.0. The van der Waals surface area contributed by atoms with Crippen molar-refractivity contribution < 1.29 is 0 Å². The largest absolute Gasteiger partial charge is 0.311 e. The zero-order chi connectivity index (χ0) is 5.61. The van der Waals surface area contributed by atoms with Gasteiger partial charge in [0, 0.05) is 24.7 Å². The Morgan fingerprint density at radius 3 is 2.62 bits per heavy atom. The van der Waals surface area contributed by atoms with Crippen LogP contribution in [0, 0.1) is 0 Å². The van der Waals surface area contributed by atoms with Crippen LogP contribution in [0.25, 0.3) is 0 Å². The van der Waals surface area contributed by atoms with E-state index in [0.29, 0.717) is 5.54 Å². The minimum Gasteiger partial charge on any atom is -0.311 e. The molecule has 2 heteroatoms. The second-order valence-electron chi connectivity index (χ2n) is 3.22. The van der Waals surface area contributed by atoms with Crippen LogP contribution in [0.2, 0.25) is 0 Å². The molecule has 0 aliphatic carbocycles. The van der Waals surface area contributed by atoms with Crippen molar-refractivity contribution in [3.63, 3.8) is 0 Å². The average Bonchev–Trinajstić information content (AvgIpc) is 2.21. The second kappa shape index (κ2) is 1.25. The van der Waals surface area contributed by atoms with Gasteiger partial charge in [-0.3, -0.25) is 0 Å². The van der Waals surface area contributed by atoms with Gasteiger partial charge in [0.2, 0.25) is 0 Å². The maximum Gasteiger partial charge on any atom is 0.0293 e. The molecule has 2 aliphatic rings. The summed E-state index contributed by atoms with van der Waals surface area (Å²) in [7, 11) is 0. The molecule has 0 radical (unpaired) electrons. The molecule has 0 spiro atoms. The van der Waals surface area contributed by atoms with E-state index in [-0.39, 0.29) is 0 Å². The van der Waals surface area contributed by atoms with Gasteiger partial charge in [0.05, 0.1) is 0 Å². The molecular weight excluding hydrogens is 100 g/mol. The summed E-state index contributed by atoms with van der Waals surface area (Å²) in [5.74, 6) is 0. The molecule has 2 bridgehead atoms. The van der Waals surface area contributed by atoms with Gasteiger partial charge in [-0.2, -0.15) is 0 Å². The summed E-state index contributed by atoms with van der Waals surface area (Å²) in [5, 5.41) is 6.90. The van der Waals surface area contributed by atoms with Gasteiger partial charge in [-0.25, -0.2) is 0 Å². The molecule has 8 heavy (non-hydrogen) atoms. The fourth-order valence-electron chi connectivity index (χ4n) is 1.71. The summed E-state index contributed by atoms with van der Waals surface area (Å²) in [6.07, 6.45) is 1.33. The highest BCUT2D eigenvalue weighted by Crippen LogP contribution is 2.23. The Hall–Kier alpha value is -0.0800. The third kappa shape index (κ3) is 0.501. The summed E-state index contributed by atoms with van der Waals surface area (Å²) in [6, 6.07) is 0.778. The molecule has 2 heterocycles. The van der Waals surface area contributed by atoms with Crippen molar-refractivity contribution in [2.75, 3.05) is 13.1 Å². The Balaban J connectivity index is 2.19. The lowest BCUT2D eigenvalue weighted by Gasteiger charge is -2.21. The molecule has 2 aliphatic heterocycles. The Bertz CT molecular complexity index is 103. The molecule has 0 aromatic carbocycles. The number of fused-ring (bicyclic) bond motifs is 2. The van der Waals surface area contributed by atoms with Gasteiger partial charge in [0.15, 0.2) is 0 Å². The van der Waals surface area contributed by atoms with Gasteiger partial charge in [0.1, 0.15) is 0 Å². The summed E-state index contributed by atoms with van der Waals surface area (Å²) in [4.78, 5) is 0. The number of hydrogen-bond acceptors (Lipinski definition) is 2. The molecule has 2 atom stereocenters. The molecule has 2 saturated heterocycles. The predicted molar refractivity (Wildman–Crippen MR) is 32.8 cm³/mol. The van der Waals surface area contributed by atoms with Gasteiger partial charge in [-0.05, 0) is 13.3 Å². The van der Waals surface area contributed by atoms with Crippen LogP contribution in [0.1, 0.15) is 13.3 Å². The molecule has 46 valence electrons. The molecule has 2 fully saturated rings. The number of rotatable bonds is 0. The SMILES string of the molecule is C[C@@]12CN[C@@H](CN1)C2. The smallest absolute Gasteiger partial charge is 0.0293 e. The van der Waals surface area contributed by atoms with E-state index in [4.69, 9.17) is 0 Å². The van der Waals surface area contributed by atoms with E-state index in [1.807, 2.05) is 0 Å². The Morgan fingerprint density at radius 2 is 2.50 bits per heavy atom. The first kappa shape index (κ1) is 4.77. The van der Waals surface area contributed by atoms with Crippen molar-refractivity contribution in [3.8, 4) is 0 Å². The van der Waals surface area contributed by atoms with Gasteiger partial charge in [-0.1, -0.05) is 0 Å². The Kier molecular flexibility index (Phi) is 0.746. The van der Waals surface area contributed by atoms with Crippen molar-refractivity contribution in [1.82, 2.24) is 10.6 Å². The molecule has 0 aromatic heterocycles. The second-order valence-corrected chi connectivity index (χ2v) is 3.22. The molecular formula is C6H12N2. The van der Waals surface area contributed by atoms with E-state index in [1.54, 1.807) is 0 Å². The van der Waals surface area contributed by atoms with Crippen molar-refractivity contribution in [2.45, 2.75) is 24.9 Å². The number of piperazine rings is 1. The Morgan fingerprint density at radius 1 is 1.62 bits per heavy atom. The number of nitrogens with one attached hydrogen (secondary N) is 2. The molecule has 0 amide bonds. The highest BCUT2D eigenvalue weighted by atomic mass is 15.2. The van der Waals surface area contributed by atoms with E-state index in [1.165, 1.54) is 13.0 Å². The maximum absolute atomic E-state index is 3.47. The molecule has 0 unspecified atom stereocenters. The molecule has 0 aromatic rings. The van der Waals surface area contributed by atoms with Crippen LogP contribution in [0.4, 0.5) is 0 Å². The number of hydrogen-bond donors (Lipinski definition) is 2. The van der Waals surface area contributed by atoms with Gasteiger partial charge < -0.3 is 10.6 Å². The summed E-state index contributed by atoms with van der Waals surface area (Å²) in [6.45, 7) is 4.63. The third-order valence-corrected chi connectivity index (χ3v) is 2.25. The van der Waals surface area contributed by atoms with Crippen LogP contribution in [-0.4, -0.2) is 24.7 Å². The van der Waals surface area contributed by atoms with E-state index in [2.05, 4.69) is 17.6 Å². The molecule has 0 saturated carbocycles. The lowest BCUT2D eigenvalue weighted by Crippen LogP contribution is -2.47. The van der Waals surface area contributed by atoms with E-state index in [9.17, 15) is 0 Å². The molecule has 2 rings (SSSR count). The standard InChI is InChI=1S/C6H12N2/c1-6-2-5(3-8-6)7-4-6/h5,7-8H,2-4H2,1H3/t5-,6-/m1/s1. The quantitative estimate of drug-likeness (QED) is 0.450. The first-order valence-corrected chi connectivity index (χ1v) is 3.27. The normalized spacial score (nSPS) is 52.9. The highest BCUT2D eigenvalue weighted by Gasteiger charge is 2.40. The fraction of sp³-hybridized carbons (Fsp3) is 1.00. The summed E-state index contributed by atoms with van der Waals surface area (Å²) in [5.41, 5.74) is 0.449. The average molecular weight is 112 g/mol. The zero-order valence-corrected chi connectivity index (χ0v) is 5.20. The summed E-state index contributed by atoms with van der Waals surface area (Å²) < 4.78 is 0. The van der Waals surface area contributed by atoms with Crippen molar-refractivity contribution in [1.29, 1.82) is 0 Å². The first-order valence-electron chi connectivity index (χ1n) is 3.27. The summed E-state index contributed by atoms with van der Waals surface area (Å²) >= 11 is 0. The Labute approximate surface area is 49.7 Å². The van der Waals surface area contributed by atoms with Gasteiger partial charge in [-0.15, -0.1) is 0 Å². The molecule has 2 N–H and O–H groups in total. The predicted octanol–water partition coefficient (Wildman–Crippen LogP) is -0.290. The minimum absolute atomic E-state index is 0.449. The van der Waals surface area contributed by atoms with Crippen molar-refractivity contribution in [3.05, 3.63) is 0 Å². The highest BCUT2D eigenvalue weighted by molar-refractivity contribution is 5.04. The van der Waals surface area contributed by atoms with E-state index in [0.717, 1.165) is 12.6 Å². The van der Waals surface area contributed by atoms with Crippen LogP contribution in [0.3, 0.4) is 0 Å². The minimum atomic E-state index is 0.449. The third-order valence-electron chi connectivity index (χ3n) is 2.25. The van der Waals surface area contributed by atoms with Gasteiger partial charge in [0.25, 0.3) is 0 Å². The van der Waals surface area contributed by atoms with Crippen molar-refractivity contribution >= 4 is 0 Å². The van der Waals surface area contributed by atoms with Crippen LogP contribution < -0.4 is 10.6 Å². The van der Waals surface area contributed by atoms with Gasteiger partial charge >= 0.3 is 0 Å².